The summed E-state index contributed by atoms with van der Waals surface area (Å²) in [5.74, 6) is 1.71. The summed E-state index contributed by atoms with van der Waals surface area (Å²) >= 11 is 0. The summed E-state index contributed by atoms with van der Waals surface area (Å²) in [5.41, 5.74) is 0. The van der Waals surface area contributed by atoms with Gasteiger partial charge in [-0.1, -0.05) is 97.1 Å². The van der Waals surface area contributed by atoms with Crippen LogP contribution < -0.4 is 9.47 Å². The smallest absolute Gasteiger partial charge is 0.238 e. The molecule has 0 saturated carbocycles. The number of hydrogen-bond acceptors (Lipinski definition) is 2. The van der Waals surface area contributed by atoms with Crippen molar-refractivity contribution in [2.45, 2.75) is 13.2 Å². The van der Waals surface area contributed by atoms with Crippen LogP contribution in [-0.4, -0.2) is 6.29 Å². The van der Waals surface area contributed by atoms with Crippen molar-refractivity contribution in [3.05, 3.63) is 109 Å². The van der Waals surface area contributed by atoms with E-state index in [2.05, 4.69) is 84.9 Å². The lowest BCUT2D eigenvalue weighted by Crippen LogP contribution is -2.20. The summed E-state index contributed by atoms with van der Waals surface area (Å²) in [6.45, 7) is 1.97. The number of hydrogen-bond donors (Lipinski definition) is 0. The largest absolute Gasteiger partial charge is 0.454 e. The average Bonchev–Trinajstić information content (AvgIpc) is 2.84. The molecule has 0 amide bonds. The zero-order valence-corrected chi connectivity index (χ0v) is 17.8. The van der Waals surface area contributed by atoms with Gasteiger partial charge in [0.15, 0.2) is 0 Å². The molecular formula is C30H22O2. The van der Waals surface area contributed by atoms with Crippen molar-refractivity contribution in [1.82, 2.24) is 0 Å². The molecule has 32 heavy (non-hydrogen) atoms. The van der Waals surface area contributed by atoms with E-state index in [1.54, 1.807) is 0 Å². The van der Waals surface area contributed by atoms with E-state index in [1.165, 1.54) is 0 Å². The zero-order chi connectivity index (χ0) is 21.5. The van der Waals surface area contributed by atoms with Gasteiger partial charge in [0.25, 0.3) is 0 Å². The number of benzene rings is 6. The van der Waals surface area contributed by atoms with E-state index in [1.807, 2.05) is 31.2 Å². The third-order valence-electron chi connectivity index (χ3n) is 6.01. The Morgan fingerprint density at radius 1 is 0.438 bits per heavy atom. The molecule has 0 aliphatic heterocycles. The van der Waals surface area contributed by atoms with Crippen molar-refractivity contribution in [2.75, 3.05) is 0 Å². The van der Waals surface area contributed by atoms with Gasteiger partial charge in [0.05, 0.1) is 0 Å². The van der Waals surface area contributed by atoms with Gasteiger partial charge in [0.1, 0.15) is 11.5 Å². The van der Waals surface area contributed by atoms with Crippen molar-refractivity contribution in [1.29, 1.82) is 0 Å². The minimum Gasteiger partial charge on any atom is -0.454 e. The second kappa shape index (κ2) is 7.58. The Bertz CT molecular complexity index is 1370. The van der Waals surface area contributed by atoms with Crippen molar-refractivity contribution >= 4 is 43.1 Å². The lowest BCUT2D eigenvalue weighted by atomic mass is 10.0. The second-order valence-corrected chi connectivity index (χ2v) is 8.10. The third-order valence-corrected chi connectivity index (χ3v) is 6.01. The van der Waals surface area contributed by atoms with Crippen molar-refractivity contribution in [3.63, 3.8) is 0 Å². The molecule has 6 rings (SSSR count). The third kappa shape index (κ3) is 3.12. The monoisotopic (exact) mass is 414 g/mol. The first kappa shape index (κ1) is 18.7. The molecule has 0 aromatic heterocycles. The van der Waals surface area contributed by atoms with Crippen LogP contribution in [0.25, 0.3) is 43.1 Å². The summed E-state index contributed by atoms with van der Waals surface area (Å²) < 4.78 is 13.0. The van der Waals surface area contributed by atoms with Crippen LogP contribution in [0.2, 0.25) is 0 Å². The van der Waals surface area contributed by atoms with Gasteiger partial charge in [-0.05, 0) is 33.7 Å². The SMILES string of the molecule is CC(Oc1c2ccccc2cc2ccccc12)Oc1c2ccccc2cc2ccccc12. The van der Waals surface area contributed by atoms with Crippen LogP contribution in [0.5, 0.6) is 11.5 Å². The van der Waals surface area contributed by atoms with Crippen molar-refractivity contribution in [2.24, 2.45) is 0 Å². The lowest BCUT2D eigenvalue weighted by molar-refractivity contribution is 0.0272. The molecule has 154 valence electrons. The predicted molar refractivity (Wildman–Crippen MR) is 134 cm³/mol. The Kier molecular flexibility index (Phi) is 4.43. The second-order valence-electron chi connectivity index (χ2n) is 8.10. The molecule has 0 aliphatic carbocycles. The summed E-state index contributed by atoms with van der Waals surface area (Å²) in [6.07, 6.45) is -0.474. The summed E-state index contributed by atoms with van der Waals surface area (Å²) in [4.78, 5) is 0. The Labute approximate surface area is 186 Å². The highest BCUT2D eigenvalue weighted by Gasteiger charge is 2.16. The maximum Gasteiger partial charge on any atom is 0.238 e. The summed E-state index contributed by atoms with van der Waals surface area (Å²) in [6, 6.07) is 37.8. The highest BCUT2D eigenvalue weighted by Crippen LogP contribution is 2.38. The first-order valence-corrected chi connectivity index (χ1v) is 10.9. The molecule has 0 heterocycles. The summed E-state index contributed by atoms with van der Waals surface area (Å²) in [7, 11) is 0. The van der Waals surface area contributed by atoms with Gasteiger partial charge in [-0.25, -0.2) is 0 Å². The van der Waals surface area contributed by atoms with Crippen LogP contribution in [0.3, 0.4) is 0 Å². The van der Waals surface area contributed by atoms with E-state index in [-0.39, 0.29) is 0 Å². The van der Waals surface area contributed by atoms with Crippen LogP contribution in [0.15, 0.2) is 109 Å². The maximum absolute atomic E-state index is 6.52. The van der Waals surface area contributed by atoms with Crippen molar-refractivity contribution in [3.8, 4) is 11.5 Å². The van der Waals surface area contributed by atoms with Gasteiger partial charge >= 0.3 is 0 Å². The van der Waals surface area contributed by atoms with Crippen LogP contribution in [0.4, 0.5) is 0 Å². The fourth-order valence-electron chi connectivity index (χ4n) is 4.55. The van der Waals surface area contributed by atoms with E-state index >= 15 is 0 Å². The average molecular weight is 415 g/mol. The zero-order valence-electron chi connectivity index (χ0n) is 17.8. The fourth-order valence-corrected chi connectivity index (χ4v) is 4.55. The fraction of sp³-hybridized carbons (Fsp3) is 0.0667. The normalized spacial score (nSPS) is 11.6. The Balaban J connectivity index is 1.47. The molecule has 0 aliphatic rings. The minimum atomic E-state index is -0.474. The van der Waals surface area contributed by atoms with E-state index in [0.29, 0.717) is 0 Å². The molecule has 0 spiro atoms. The van der Waals surface area contributed by atoms with Gasteiger partial charge < -0.3 is 9.47 Å². The molecule has 2 nitrogen and oxygen atoms in total. The van der Waals surface area contributed by atoms with Crippen LogP contribution >= 0.6 is 0 Å². The molecule has 0 fully saturated rings. The minimum absolute atomic E-state index is 0.474. The lowest BCUT2D eigenvalue weighted by Gasteiger charge is -2.21. The first-order chi connectivity index (χ1) is 15.8. The Hall–Kier alpha value is -4.04. The Morgan fingerprint density at radius 3 is 1.03 bits per heavy atom. The topological polar surface area (TPSA) is 18.5 Å². The molecule has 6 aromatic rings. The quantitative estimate of drug-likeness (QED) is 0.214. The van der Waals surface area contributed by atoms with Crippen LogP contribution in [0, 0.1) is 0 Å². The van der Waals surface area contributed by atoms with Gasteiger partial charge in [0.2, 0.25) is 6.29 Å². The molecule has 2 heteroatoms. The molecular weight excluding hydrogens is 392 g/mol. The van der Waals surface area contributed by atoms with E-state index in [0.717, 1.165) is 54.6 Å². The summed E-state index contributed by atoms with van der Waals surface area (Å²) in [5, 5.41) is 8.98. The van der Waals surface area contributed by atoms with Crippen LogP contribution in [0.1, 0.15) is 6.92 Å². The number of rotatable bonds is 4. The number of ether oxygens (including phenoxy) is 2. The molecule has 0 bridgehead atoms. The van der Waals surface area contributed by atoms with E-state index in [9.17, 15) is 0 Å². The number of fused-ring (bicyclic) bond motifs is 4. The van der Waals surface area contributed by atoms with E-state index < -0.39 is 6.29 Å². The highest BCUT2D eigenvalue weighted by atomic mass is 16.7. The van der Waals surface area contributed by atoms with Crippen molar-refractivity contribution < 1.29 is 9.47 Å². The van der Waals surface area contributed by atoms with Gasteiger partial charge in [-0.3, -0.25) is 0 Å². The van der Waals surface area contributed by atoms with Gasteiger partial charge in [0, 0.05) is 28.5 Å². The van der Waals surface area contributed by atoms with Crippen LogP contribution in [-0.2, 0) is 0 Å². The molecule has 6 aromatic carbocycles. The highest BCUT2D eigenvalue weighted by molar-refractivity contribution is 6.06. The predicted octanol–water partition coefficient (Wildman–Crippen LogP) is 8.10. The van der Waals surface area contributed by atoms with Gasteiger partial charge in [-0.2, -0.15) is 0 Å². The first-order valence-electron chi connectivity index (χ1n) is 10.9. The Morgan fingerprint density at radius 2 is 0.719 bits per heavy atom. The molecule has 0 atom stereocenters. The molecule has 0 N–H and O–H groups in total. The molecule has 0 saturated heterocycles. The molecule has 0 radical (unpaired) electrons. The standard InChI is InChI=1S/C30H22O2/c1-20(31-29-25-14-6-2-10-21(25)18-22-11-3-7-15-26(22)29)32-30-27-16-8-4-12-23(27)19-24-13-5-9-17-28(24)30/h2-20H,1H3. The molecule has 0 unspecified atom stereocenters. The van der Waals surface area contributed by atoms with Gasteiger partial charge in [-0.15, -0.1) is 0 Å². The van der Waals surface area contributed by atoms with E-state index in [4.69, 9.17) is 9.47 Å². The maximum atomic E-state index is 6.52.